The average Bonchev–Trinajstić information content (AvgIpc) is 3.33. The number of carbonyl (C=O) groups excluding carboxylic acids is 4. The predicted octanol–water partition coefficient (Wildman–Crippen LogP) is 3.92. The molecule has 1 aromatic heterocycles. The maximum atomic E-state index is 14.4. The Kier molecular flexibility index (Phi) is 5.78. The van der Waals surface area contributed by atoms with E-state index in [1.807, 2.05) is 13.8 Å². The summed E-state index contributed by atoms with van der Waals surface area (Å²) in [5.41, 5.74) is -5.53. The lowest BCUT2D eigenvalue weighted by Gasteiger charge is -2.71. The summed E-state index contributed by atoms with van der Waals surface area (Å²) in [6.45, 7) is 12.1. The molecule has 0 unspecified atom stereocenters. The van der Waals surface area contributed by atoms with Crippen LogP contribution in [0, 0.1) is 34.0 Å². The van der Waals surface area contributed by atoms with Crippen molar-refractivity contribution in [1.82, 2.24) is 0 Å². The summed E-state index contributed by atoms with van der Waals surface area (Å²) in [6.07, 6.45) is 2.07. The van der Waals surface area contributed by atoms with Crippen molar-refractivity contribution in [2.45, 2.75) is 97.6 Å². The van der Waals surface area contributed by atoms with Crippen molar-refractivity contribution in [1.29, 1.82) is 0 Å². The van der Waals surface area contributed by atoms with Crippen molar-refractivity contribution < 1.29 is 42.9 Å². The normalized spacial score (nSPS) is 46.0. The molecule has 0 spiro atoms. The van der Waals surface area contributed by atoms with Gasteiger partial charge in [0.05, 0.1) is 35.9 Å². The highest BCUT2D eigenvalue weighted by Gasteiger charge is 2.79. The van der Waals surface area contributed by atoms with Crippen LogP contribution in [-0.4, -0.2) is 46.1 Å². The SMILES string of the molecule is CC(=O)O[C@H]1CC(=O)OC(C)(C)[C@@H]2CC(=O)[C@]3(C)[C@H](CC[C@@]4(C)[C@H](c5ccoc5)OC(=O)[C@@H](C)[C@@]43O)[C@@]12C. The summed E-state index contributed by atoms with van der Waals surface area (Å²) in [4.78, 5) is 52.9. The molecule has 5 rings (SSSR count). The monoisotopic (exact) mass is 530 g/mol. The van der Waals surface area contributed by atoms with E-state index in [-0.39, 0.29) is 18.6 Å². The number of rotatable bonds is 2. The highest BCUT2D eigenvalue weighted by molar-refractivity contribution is 5.90. The first-order chi connectivity index (χ1) is 17.5. The topological polar surface area (TPSA) is 129 Å². The van der Waals surface area contributed by atoms with Crippen LogP contribution in [0.4, 0.5) is 0 Å². The van der Waals surface area contributed by atoms with Crippen LogP contribution in [-0.2, 0) is 33.4 Å². The molecule has 9 heteroatoms. The Morgan fingerprint density at radius 2 is 1.76 bits per heavy atom. The highest BCUT2D eigenvalue weighted by atomic mass is 16.6. The summed E-state index contributed by atoms with van der Waals surface area (Å²) in [7, 11) is 0. The maximum Gasteiger partial charge on any atom is 0.312 e. The third-order valence-corrected chi connectivity index (χ3v) is 11.0. The summed E-state index contributed by atoms with van der Waals surface area (Å²) in [6, 6.07) is 1.71. The Bertz CT molecular complexity index is 1190. The number of furan rings is 1. The predicted molar refractivity (Wildman–Crippen MR) is 132 cm³/mol. The number of esters is 3. The highest BCUT2D eigenvalue weighted by Crippen LogP contribution is 2.73. The summed E-state index contributed by atoms with van der Waals surface area (Å²) in [5, 5.41) is 13.0. The number of aliphatic hydroxyl groups is 1. The fraction of sp³-hybridized carbons (Fsp3) is 0.724. The third kappa shape index (κ3) is 3.14. The van der Waals surface area contributed by atoms with Gasteiger partial charge in [-0.15, -0.1) is 0 Å². The molecule has 0 radical (unpaired) electrons. The first-order valence-corrected chi connectivity index (χ1v) is 13.4. The molecular formula is C29H38O9. The number of fused-ring (bicyclic) bond motifs is 5. The summed E-state index contributed by atoms with van der Waals surface area (Å²) >= 11 is 0. The van der Waals surface area contributed by atoms with Gasteiger partial charge in [0.1, 0.15) is 23.6 Å². The molecule has 1 aromatic rings. The lowest BCUT2D eigenvalue weighted by Crippen LogP contribution is -2.78. The molecule has 3 heterocycles. The fourth-order valence-corrected chi connectivity index (χ4v) is 9.23. The lowest BCUT2D eigenvalue weighted by molar-refractivity contribution is -0.312. The number of ketones is 1. The Morgan fingerprint density at radius 3 is 2.37 bits per heavy atom. The van der Waals surface area contributed by atoms with Gasteiger partial charge in [0.25, 0.3) is 0 Å². The maximum absolute atomic E-state index is 14.4. The minimum Gasteiger partial charge on any atom is -0.472 e. The Hall–Kier alpha value is -2.68. The Labute approximate surface area is 222 Å². The number of hydrogen-bond acceptors (Lipinski definition) is 9. The molecule has 2 aliphatic carbocycles. The minimum atomic E-state index is -1.80. The van der Waals surface area contributed by atoms with E-state index in [0.717, 1.165) is 0 Å². The summed E-state index contributed by atoms with van der Waals surface area (Å²) < 4.78 is 22.9. The van der Waals surface area contributed by atoms with Gasteiger partial charge in [-0.3, -0.25) is 19.2 Å². The van der Waals surface area contributed by atoms with Crippen molar-refractivity contribution in [3.8, 4) is 0 Å². The molecule has 0 aromatic carbocycles. The number of cyclic esters (lactones) is 2. The zero-order chi connectivity index (χ0) is 28.1. The van der Waals surface area contributed by atoms with Gasteiger partial charge < -0.3 is 23.7 Å². The van der Waals surface area contributed by atoms with Gasteiger partial charge in [-0.25, -0.2) is 0 Å². The van der Waals surface area contributed by atoms with E-state index >= 15 is 0 Å². The molecule has 38 heavy (non-hydrogen) atoms. The van der Waals surface area contributed by atoms with Crippen LogP contribution in [0.15, 0.2) is 23.0 Å². The first kappa shape index (κ1) is 26.9. The standard InChI is InChI=1S/C29H38O9/c1-15-24(33)37-23(17-9-11-35-14-17)26(5)10-8-18-27(6)19(12-20(31)28(18,7)29(15,26)34)25(3,4)38-22(32)13-21(27)36-16(2)30/h9,11,14-15,18-19,21,23,34H,8,10,12-13H2,1-7H3/t15-,18-,19+,21+,23+,26+,27-,28+,29-/m1/s1. The van der Waals surface area contributed by atoms with Gasteiger partial charge in [-0.2, -0.15) is 0 Å². The minimum absolute atomic E-state index is 0.00191. The van der Waals surface area contributed by atoms with E-state index < -0.39 is 75.3 Å². The van der Waals surface area contributed by atoms with Crippen LogP contribution in [0.2, 0.25) is 0 Å². The quantitative estimate of drug-likeness (QED) is 0.447. The van der Waals surface area contributed by atoms with E-state index in [2.05, 4.69) is 0 Å². The Balaban J connectivity index is 1.74. The van der Waals surface area contributed by atoms with Gasteiger partial charge in [0.2, 0.25) is 0 Å². The number of carbonyl (C=O) groups is 4. The van der Waals surface area contributed by atoms with Crippen molar-refractivity contribution in [2.24, 2.45) is 34.0 Å². The largest absolute Gasteiger partial charge is 0.472 e. The molecule has 4 fully saturated rings. The Morgan fingerprint density at radius 1 is 1.08 bits per heavy atom. The van der Waals surface area contributed by atoms with E-state index in [1.165, 1.54) is 19.5 Å². The molecule has 1 N–H and O–H groups in total. The van der Waals surface area contributed by atoms with Gasteiger partial charge >= 0.3 is 17.9 Å². The molecule has 4 aliphatic rings. The van der Waals surface area contributed by atoms with E-state index in [4.69, 9.17) is 18.6 Å². The number of ether oxygens (including phenoxy) is 3. The molecule has 2 aliphatic heterocycles. The zero-order valence-corrected chi connectivity index (χ0v) is 23.2. The molecule has 0 bridgehead atoms. The third-order valence-electron chi connectivity index (χ3n) is 11.0. The van der Waals surface area contributed by atoms with Crippen LogP contribution in [0.5, 0.6) is 0 Å². The van der Waals surface area contributed by atoms with E-state index in [9.17, 15) is 24.3 Å². The van der Waals surface area contributed by atoms with E-state index in [1.54, 1.807) is 33.8 Å². The lowest BCUT2D eigenvalue weighted by atomic mass is 9.34. The second-order valence-electron chi connectivity index (χ2n) is 13.0. The van der Waals surface area contributed by atoms with Gasteiger partial charge in [-0.1, -0.05) is 13.8 Å². The second kappa shape index (κ2) is 8.16. The van der Waals surface area contributed by atoms with Crippen molar-refractivity contribution in [3.05, 3.63) is 24.2 Å². The molecule has 0 amide bonds. The van der Waals surface area contributed by atoms with Crippen LogP contribution < -0.4 is 0 Å². The smallest absolute Gasteiger partial charge is 0.312 e. The number of hydrogen-bond donors (Lipinski definition) is 1. The second-order valence-corrected chi connectivity index (χ2v) is 13.0. The first-order valence-electron chi connectivity index (χ1n) is 13.4. The van der Waals surface area contributed by atoms with Crippen molar-refractivity contribution in [2.75, 3.05) is 0 Å². The number of Topliss-reactive ketones (excluding diaryl/α,β-unsaturated/α-hetero) is 1. The van der Waals surface area contributed by atoms with Crippen LogP contribution in [0.25, 0.3) is 0 Å². The van der Waals surface area contributed by atoms with Crippen molar-refractivity contribution in [3.63, 3.8) is 0 Å². The van der Waals surface area contributed by atoms with Crippen molar-refractivity contribution >= 4 is 23.7 Å². The summed E-state index contributed by atoms with van der Waals surface area (Å²) in [5.74, 6) is -3.81. The fourth-order valence-electron chi connectivity index (χ4n) is 9.23. The molecule has 2 saturated heterocycles. The molecule has 208 valence electrons. The van der Waals surface area contributed by atoms with Crippen LogP contribution in [0.3, 0.4) is 0 Å². The van der Waals surface area contributed by atoms with Crippen LogP contribution in [0.1, 0.15) is 85.8 Å². The van der Waals surface area contributed by atoms with Gasteiger partial charge in [0, 0.05) is 35.7 Å². The average molecular weight is 531 g/mol. The van der Waals surface area contributed by atoms with Gasteiger partial charge in [0.15, 0.2) is 0 Å². The molecule has 9 atom stereocenters. The van der Waals surface area contributed by atoms with Crippen LogP contribution >= 0.6 is 0 Å². The zero-order valence-electron chi connectivity index (χ0n) is 23.2. The molecular weight excluding hydrogens is 492 g/mol. The molecule has 9 nitrogen and oxygen atoms in total. The van der Waals surface area contributed by atoms with Gasteiger partial charge in [-0.05, 0) is 52.5 Å². The molecule has 2 saturated carbocycles. The van der Waals surface area contributed by atoms with E-state index in [0.29, 0.717) is 18.4 Å².